The Hall–Kier alpha value is -3.19. The summed E-state index contributed by atoms with van der Waals surface area (Å²) in [6, 6.07) is 9.95. The summed E-state index contributed by atoms with van der Waals surface area (Å²) in [4.78, 5) is 20.0. The molecule has 5 rings (SSSR count). The van der Waals surface area contributed by atoms with Gasteiger partial charge in [-0.2, -0.15) is 0 Å². The first-order valence-corrected chi connectivity index (χ1v) is 12.2. The number of nitrogens with one attached hydrogen (secondary N) is 1. The lowest BCUT2D eigenvalue weighted by Crippen LogP contribution is -2.31. The van der Waals surface area contributed by atoms with Gasteiger partial charge in [-0.05, 0) is 82.0 Å². The number of benzene rings is 1. The fourth-order valence-corrected chi connectivity index (χ4v) is 5.82. The van der Waals surface area contributed by atoms with Crippen LogP contribution in [0.5, 0.6) is 5.75 Å². The molecule has 2 aromatic heterocycles. The zero-order valence-electron chi connectivity index (χ0n) is 20.0. The van der Waals surface area contributed by atoms with Crippen molar-refractivity contribution in [3.05, 3.63) is 54.2 Å². The number of fused-ring (bicyclic) bond motifs is 1. The molecule has 2 N–H and O–H groups in total. The highest BCUT2D eigenvalue weighted by atomic mass is 16.3. The molecule has 1 aliphatic heterocycles. The number of hydrogen-bond acceptors (Lipinski definition) is 5. The van der Waals surface area contributed by atoms with Crippen LogP contribution in [0.3, 0.4) is 0 Å². The number of hydrogen-bond donors (Lipinski definition) is 2. The zero-order chi connectivity index (χ0) is 23.8. The Morgan fingerprint density at radius 3 is 2.62 bits per heavy atom. The van der Waals surface area contributed by atoms with E-state index < -0.39 is 0 Å². The van der Waals surface area contributed by atoms with Gasteiger partial charge in [0.15, 0.2) is 5.65 Å². The van der Waals surface area contributed by atoms with Crippen LogP contribution in [0.15, 0.2) is 43.0 Å². The molecular weight excluding hydrogens is 426 g/mol. The van der Waals surface area contributed by atoms with Crippen LogP contribution in [0, 0.1) is 0 Å². The number of rotatable bonds is 5. The average molecular weight is 460 g/mol. The largest absolute Gasteiger partial charge is 0.507 e. The predicted octanol–water partition coefficient (Wildman–Crippen LogP) is 4.42. The van der Waals surface area contributed by atoms with Crippen molar-refractivity contribution in [3.63, 3.8) is 0 Å². The van der Waals surface area contributed by atoms with Gasteiger partial charge in [-0.3, -0.25) is 4.79 Å². The first-order chi connectivity index (χ1) is 16.5. The van der Waals surface area contributed by atoms with Crippen LogP contribution in [-0.2, 0) is 4.79 Å². The molecule has 1 atom stereocenters. The van der Waals surface area contributed by atoms with Crippen molar-refractivity contribution < 1.29 is 9.90 Å². The lowest BCUT2D eigenvalue weighted by atomic mass is 9.79. The smallest absolute Gasteiger partial charge is 0.245 e. The Balaban J connectivity index is 1.57. The van der Waals surface area contributed by atoms with Crippen molar-refractivity contribution in [2.24, 2.45) is 0 Å². The van der Waals surface area contributed by atoms with Gasteiger partial charge in [0.2, 0.25) is 5.91 Å². The molecule has 1 unspecified atom stereocenters. The minimum Gasteiger partial charge on any atom is -0.507 e. The molecule has 1 saturated carbocycles. The van der Waals surface area contributed by atoms with Gasteiger partial charge in [0.1, 0.15) is 5.75 Å². The second kappa shape index (κ2) is 9.22. The van der Waals surface area contributed by atoms with Crippen molar-refractivity contribution in [3.8, 4) is 17.0 Å². The molecule has 0 spiro atoms. The number of likely N-dealkylation sites (tertiary alicyclic amines) is 1. The van der Waals surface area contributed by atoms with Crippen LogP contribution in [0.25, 0.3) is 22.3 Å². The molecule has 1 amide bonds. The third kappa shape index (κ3) is 4.09. The molecule has 2 aliphatic rings. The maximum absolute atomic E-state index is 12.2. The first-order valence-electron chi connectivity index (χ1n) is 12.2. The van der Waals surface area contributed by atoms with Crippen LogP contribution in [-0.4, -0.2) is 69.2 Å². The number of phenols is 1. The van der Waals surface area contributed by atoms with Crippen molar-refractivity contribution in [2.45, 2.75) is 50.0 Å². The molecule has 0 radical (unpaired) electrons. The normalized spacial score (nSPS) is 23.0. The number of nitrogens with zero attached hydrogens (tertiary/aromatic N) is 4. The molecule has 0 bridgehead atoms. The van der Waals surface area contributed by atoms with E-state index in [4.69, 9.17) is 0 Å². The van der Waals surface area contributed by atoms with E-state index in [1.54, 1.807) is 6.07 Å². The van der Waals surface area contributed by atoms with Crippen LogP contribution in [0.2, 0.25) is 0 Å². The standard InChI is InChI=1S/C27H33N5O2/c1-4-24(34)32-14-13-18(16-32)26-25(17-9-11-19(12-10-17)31(2)3)21-15-22(29-30-27(21)28-26)20-7-5-6-8-23(20)33/h4-8,15,17-19,33H,1,9-14,16H2,2-3H3,(H,28,30). The Bertz CT molecular complexity index is 1210. The van der Waals surface area contributed by atoms with E-state index >= 15 is 0 Å². The van der Waals surface area contributed by atoms with Crippen LogP contribution in [0.4, 0.5) is 0 Å². The van der Waals surface area contributed by atoms with Gasteiger partial charge >= 0.3 is 0 Å². The SMILES string of the molecule is C=CC(=O)N1CCC(c2[nH]c3nnc(-c4ccccc4O)cc3c2C2CCC(N(C)C)CC2)C1. The Morgan fingerprint density at radius 2 is 1.91 bits per heavy atom. The number of aromatic nitrogens is 3. The Labute approximate surface area is 200 Å². The summed E-state index contributed by atoms with van der Waals surface area (Å²) in [7, 11) is 4.33. The highest BCUT2D eigenvalue weighted by Crippen LogP contribution is 2.43. The number of para-hydroxylation sites is 1. The quantitative estimate of drug-likeness (QED) is 0.552. The van der Waals surface area contributed by atoms with Gasteiger partial charge in [-0.25, -0.2) is 0 Å². The molecular formula is C27H33N5O2. The number of aromatic amines is 1. The second-order valence-corrected chi connectivity index (χ2v) is 9.90. The molecule has 178 valence electrons. The van der Waals surface area contributed by atoms with E-state index in [0.717, 1.165) is 36.8 Å². The average Bonchev–Trinajstić information content (AvgIpc) is 3.48. The van der Waals surface area contributed by atoms with E-state index in [1.807, 2.05) is 23.1 Å². The van der Waals surface area contributed by atoms with Gasteiger partial charge in [-0.15, -0.1) is 10.2 Å². The third-order valence-corrected chi connectivity index (χ3v) is 7.73. The summed E-state index contributed by atoms with van der Waals surface area (Å²) in [6.45, 7) is 5.09. The molecule has 7 nitrogen and oxygen atoms in total. The monoisotopic (exact) mass is 459 g/mol. The summed E-state index contributed by atoms with van der Waals surface area (Å²) in [6.07, 6.45) is 6.91. The fourth-order valence-electron chi connectivity index (χ4n) is 5.82. The predicted molar refractivity (Wildman–Crippen MR) is 134 cm³/mol. The topological polar surface area (TPSA) is 85.3 Å². The van der Waals surface area contributed by atoms with Crippen LogP contribution < -0.4 is 0 Å². The number of phenolic OH excluding ortho intramolecular Hbond substituents is 1. The molecule has 7 heteroatoms. The number of carbonyl (C=O) groups excluding carboxylic acids is 1. The van der Waals surface area contributed by atoms with Gasteiger partial charge in [-0.1, -0.05) is 18.7 Å². The highest BCUT2D eigenvalue weighted by molar-refractivity contribution is 5.88. The number of aromatic hydroxyl groups is 1. The van der Waals surface area contributed by atoms with E-state index in [-0.39, 0.29) is 17.6 Å². The zero-order valence-corrected chi connectivity index (χ0v) is 20.0. The minimum absolute atomic E-state index is 0.00622. The van der Waals surface area contributed by atoms with Crippen molar-refractivity contribution in [1.82, 2.24) is 25.0 Å². The summed E-state index contributed by atoms with van der Waals surface area (Å²) in [5.74, 6) is 0.876. The van der Waals surface area contributed by atoms with Crippen LogP contribution >= 0.6 is 0 Å². The van der Waals surface area contributed by atoms with E-state index in [1.165, 1.54) is 30.2 Å². The summed E-state index contributed by atoms with van der Waals surface area (Å²) in [5.41, 5.74) is 4.68. The molecule has 1 saturated heterocycles. The van der Waals surface area contributed by atoms with Crippen molar-refractivity contribution >= 4 is 16.9 Å². The number of amides is 1. The molecule has 3 aromatic rings. The summed E-state index contributed by atoms with van der Waals surface area (Å²) < 4.78 is 0. The second-order valence-electron chi connectivity index (χ2n) is 9.90. The molecule has 1 aromatic carbocycles. The maximum Gasteiger partial charge on any atom is 0.245 e. The van der Waals surface area contributed by atoms with E-state index in [0.29, 0.717) is 29.8 Å². The van der Waals surface area contributed by atoms with Crippen molar-refractivity contribution in [1.29, 1.82) is 0 Å². The Kier molecular flexibility index (Phi) is 6.13. The van der Waals surface area contributed by atoms with E-state index in [2.05, 4.69) is 46.8 Å². The first kappa shape index (κ1) is 22.6. The lowest BCUT2D eigenvalue weighted by Gasteiger charge is -2.33. The molecule has 3 heterocycles. The van der Waals surface area contributed by atoms with Crippen molar-refractivity contribution in [2.75, 3.05) is 27.2 Å². The fraction of sp³-hybridized carbons (Fsp3) is 0.444. The van der Waals surface area contributed by atoms with E-state index in [9.17, 15) is 9.90 Å². The molecule has 2 fully saturated rings. The summed E-state index contributed by atoms with van der Waals surface area (Å²) in [5, 5.41) is 20.4. The number of H-pyrrole nitrogens is 1. The number of carbonyl (C=O) groups is 1. The third-order valence-electron chi connectivity index (χ3n) is 7.73. The highest BCUT2D eigenvalue weighted by Gasteiger charge is 2.34. The van der Waals surface area contributed by atoms with Gasteiger partial charge in [0, 0.05) is 41.7 Å². The van der Waals surface area contributed by atoms with Gasteiger partial charge < -0.3 is 19.9 Å². The summed E-state index contributed by atoms with van der Waals surface area (Å²) >= 11 is 0. The molecule has 1 aliphatic carbocycles. The van der Waals surface area contributed by atoms with Crippen LogP contribution in [0.1, 0.15) is 55.2 Å². The lowest BCUT2D eigenvalue weighted by molar-refractivity contribution is -0.125. The molecule has 34 heavy (non-hydrogen) atoms. The minimum atomic E-state index is -0.00622. The van der Waals surface area contributed by atoms with Gasteiger partial charge in [0.25, 0.3) is 0 Å². The van der Waals surface area contributed by atoms with Gasteiger partial charge in [0.05, 0.1) is 5.69 Å². The Morgan fingerprint density at radius 1 is 1.15 bits per heavy atom. The maximum atomic E-state index is 12.2.